The number of benzene rings is 2. The van der Waals surface area contributed by atoms with Gasteiger partial charge >= 0.3 is 11.9 Å². The molecule has 2 aromatic carbocycles. The lowest BCUT2D eigenvalue weighted by Gasteiger charge is -2.31. The number of carbonyl (C=O) groups is 2. The predicted molar refractivity (Wildman–Crippen MR) is 172 cm³/mol. The van der Waals surface area contributed by atoms with E-state index in [9.17, 15) is 19.8 Å². The second kappa shape index (κ2) is 17.9. The highest BCUT2D eigenvalue weighted by atomic mass is 35.5. The van der Waals surface area contributed by atoms with E-state index in [1.165, 1.54) is 13.2 Å². The Labute approximate surface area is 270 Å². The van der Waals surface area contributed by atoms with E-state index < -0.39 is 24.0 Å². The molecule has 0 fully saturated rings. The smallest absolute Gasteiger partial charge is 0.336 e. The van der Waals surface area contributed by atoms with Gasteiger partial charge in [-0.05, 0) is 63.9 Å². The van der Waals surface area contributed by atoms with Crippen LogP contribution in [0.4, 0.5) is 0 Å². The molecule has 0 saturated carbocycles. The van der Waals surface area contributed by atoms with Crippen LogP contribution in [0.15, 0.2) is 65.0 Å². The van der Waals surface area contributed by atoms with Gasteiger partial charge in [-0.25, -0.2) is 9.59 Å². The third-order valence-electron chi connectivity index (χ3n) is 6.75. The summed E-state index contributed by atoms with van der Waals surface area (Å²) in [7, 11) is 1.29. The Hall–Kier alpha value is -3.45. The monoisotopic (exact) mass is 647 g/mol. The summed E-state index contributed by atoms with van der Waals surface area (Å²) in [6.07, 6.45) is -0.653. The maximum absolute atomic E-state index is 12.9. The number of allylic oxidation sites excluding steroid dienone is 1. The number of ether oxygens (including phenoxy) is 3. The Morgan fingerprint density at radius 3 is 2.40 bits per heavy atom. The molecule has 12 heteroatoms. The number of aromatic hydroxyl groups is 1. The van der Waals surface area contributed by atoms with Crippen LogP contribution in [-0.2, 0) is 30.4 Å². The molecule has 7 N–H and O–H groups in total. The van der Waals surface area contributed by atoms with Crippen molar-refractivity contribution in [2.24, 2.45) is 5.73 Å². The lowest BCUT2D eigenvalue weighted by Crippen LogP contribution is -2.38. The molecule has 2 unspecified atom stereocenters. The highest BCUT2D eigenvalue weighted by Gasteiger charge is 2.39. The topological polar surface area (TPSA) is 173 Å². The van der Waals surface area contributed by atoms with Gasteiger partial charge in [-0.2, -0.15) is 0 Å². The van der Waals surface area contributed by atoms with E-state index in [1.54, 1.807) is 50.2 Å². The Bertz CT molecular complexity index is 1370. The second-order valence-electron chi connectivity index (χ2n) is 11.3. The van der Waals surface area contributed by atoms with Crippen molar-refractivity contribution in [3.8, 4) is 5.75 Å². The number of dihydropyridines is 1. The normalized spacial score (nSPS) is 15.6. The van der Waals surface area contributed by atoms with E-state index in [4.69, 9.17) is 36.7 Å². The van der Waals surface area contributed by atoms with Gasteiger partial charge in [0.05, 0.1) is 62.4 Å². The first kappa shape index (κ1) is 37.7. The summed E-state index contributed by atoms with van der Waals surface area (Å²) in [5.41, 5.74) is 8.75. The minimum absolute atomic E-state index is 0.0484. The fourth-order valence-electron chi connectivity index (χ4n) is 4.58. The average molecular weight is 648 g/mol. The van der Waals surface area contributed by atoms with Crippen molar-refractivity contribution in [2.75, 3.05) is 40.0 Å². The number of aliphatic hydroxyl groups is 2. The molecular weight excluding hydrogens is 602 g/mol. The van der Waals surface area contributed by atoms with Gasteiger partial charge in [0.15, 0.2) is 0 Å². The molecule has 3 rings (SSSR count). The van der Waals surface area contributed by atoms with E-state index in [-0.39, 0.29) is 36.7 Å². The number of aliphatic hydroxyl groups excluding tert-OH is 2. The molecule has 0 amide bonds. The maximum Gasteiger partial charge on any atom is 0.336 e. The SMILES string of the molecule is CC(C)(C)NCC(O)c1ccc(O)c(CO)c1.CCOC(=O)C1=C(COCCN)NC(C)=C(C(=O)OC)C1c1ccccc1Cl. The molecule has 0 saturated heterocycles. The molecule has 0 radical (unpaired) electrons. The van der Waals surface area contributed by atoms with Crippen molar-refractivity contribution in [1.82, 2.24) is 10.6 Å². The number of methoxy groups -OCH3 is 1. The summed E-state index contributed by atoms with van der Waals surface area (Å²) in [6, 6.07) is 11.8. The van der Waals surface area contributed by atoms with Crippen molar-refractivity contribution in [3.63, 3.8) is 0 Å². The van der Waals surface area contributed by atoms with E-state index in [2.05, 4.69) is 10.6 Å². The number of halogens is 1. The summed E-state index contributed by atoms with van der Waals surface area (Å²) in [6.45, 7) is 10.7. The van der Waals surface area contributed by atoms with Crippen LogP contribution >= 0.6 is 11.6 Å². The van der Waals surface area contributed by atoms with Gasteiger partial charge in [0.2, 0.25) is 0 Å². The highest BCUT2D eigenvalue weighted by Crippen LogP contribution is 2.41. The molecule has 248 valence electrons. The maximum atomic E-state index is 12.9. The Morgan fingerprint density at radius 1 is 1.13 bits per heavy atom. The fourth-order valence-corrected chi connectivity index (χ4v) is 4.82. The quantitative estimate of drug-likeness (QED) is 0.147. The molecule has 0 aliphatic carbocycles. The van der Waals surface area contributed by atoms with Gasteiger partial charge in [0.1, 0.15) is 5.75 Å². The molecule has 45 heavy (non-hydrogen) atoms. The van der Waals surface area contributed by atoms with Crippen LogP contribution in [0, 0.1) is 0 Å². The Kier molecular flexibility index (Phi) is 15.0. The molecule has 1 aliphatic heterocycles. The van der Waals surface area contributed by atoms with Crippen molar-refractivity contribution >= 4 is 23.5 Å². The van der Waals surface area contributed by atoms with E-state index in [0.717, 1.165) is 0 Å². The van der Waals surface area contributed by atoms with Gasteiger partial charge < -0.3 is 45.9 Å². The first-order chi connectivity index (χ1) is 21.3. The van der Waals surface area contributed by atoms with Gasteiger partial charge in [-0.15, -0.1) is 0 Å². The molecular formula is C33H46ClN3O8. The molecule has 1 aliphatic rings. The second-order valence-corrected chi connectivity index (χ2v) is 11.7. The molecule has 0 spiro atoms. The molecule has 11 nitrogen and oxygen atoms in total. The summed E-state index contributed by atoms with van der Waals surface area (Å²) >= 11 is 6.42. The minimum Gasteiger partial charge on any atom is -0.508 e. The Morgan fingerprint density at radius 2 is 1.82 bits per heavy atom. The van der Waals surface area contributed by atoms with Crippen molar-refractivity contribution in [1.29, 1.82) is 0 Å². The standard InChI is InChI=1S/C20H25ClN2O5.C13H21NO3/c1-4-28-20(25)18-15(11-27-10-9-22)23-12(2)16(19(24)26-3)17(18)13-7-5-6-8-14(13)21;1-13(2,3)14-7-12(17)9-4-5-11(16)10(6-9)8-15/h5-8,17,23H,4,9-11,22H2,1-3H3;4-6,12,14-17H,7-8H2,1-3H3. The molecule has 2 aromatic rings. The van der Waals surface area contributed by atoms with Crippen LogP contribution in [0.1, 0.15) is 63.3 Å². The number of esters is 2. The zero-order valence-corrected chi connectivity index (χ0v) is 27.5. The first-order valence-electron chi connectivity index (χ1n) is 14.6. The number of β-amino-alcohol motifs (C(OH)–C–C–N with tert-alkyl or cyclic N) is 1. The fraction of sp³-hybridized carbons (Fsp3) is 0.455. The van der Waals surface area contributed by atoms with Gasteiger partial charge in [-0.3, -0.25) is 0 Å². The largest absolute Gasteiger partial charge is 0.508 e. The van der Waals surface area contributed by atoms with Crippen molar-refractivity contribution in [3.05, 3.63) is 86.7 Å². The lowest BCUT2D eigenvalue weighted by molar-refractivity contribution is -0.139. The summed E-state index contributed by atoms with van der Waals surface area (Å²) in [5.74, 6) is -1.82. The number of hydrogen-bond acceptors (Lipinski definition) is 11. The zero-order chi connectivity index (χ0) is 33.7. The number of nitrogens with two attached hydrogens (primary N) is 1. The van der Waals surface area contributed by atoms with Crippen molar-refractivity contribution in [2.45, 2.75) is 58.8 Å². The van der Waals surface area contributed by atoms with Crippen LogP contribution in [0.5, 0.6) is 5.75 Å². The first-order valence-corrected chi connectivity index (χ1v) is 15.0. The van der Waals surface area contributed by atoms with Crippen molar-refractivity contribution < 1.29 is 39.1 Å². The molecule has 1 heterocycles. The van der Waals surface area contributed by atoms with E-state index in [1.807, 2.05) is 20.8 Å². The van der Waals surface area contributed by atoms with Gasteiger partial charge in [0.25, 0.3) is 0 Å². The van der Waals surface area contributed by atoms with Gasteiger partial charge in [0, 0.05) is 34.9 Å². The summed E-state index contributed by atoms with van der Waals surface area (Å²) in [5, 5.41) is 35.1. The van der Waals surface area contributed by atoms with Crippen LogP contribution in [0.2, 0.25) is 5.02 Å². The third kappa shape index (κ3) is 10.8. The number of nitrogens with one attached hydrogen (secondary N) is 2. The van der Waals surface area contributed by atoms with Gasteiger partial charge in [-0.1, -0.05) is 35.9 Å². The number of carbonyl (C=O) groups excluding carboxylic acids is 2. The molecule has 0 bridgehead atoms. The van der Waals surface area contributed by atoms with Crippen LogP contribution in [0.25, 0.3) is 0 Å². The average Bonchev–Trinajstić information content (AvgIpc) is 3.00. The highest BCUT2D eigenvalue weighted by molar-refractivity contribution is 6.31. The Balaban J connectivity index is 0.000000355. The lowest BCUT2D eigenvalue weighted by atomic mass is 9.80. The number of phenols is 1. The minimum atomic E-state index is -0.752. The van der Waals surface area contributed by atoms with Crippen LogP contribution in [-0.4, -0.2) is 72.8 Å². The number of hydrogen-bond donors (Lipinski definition) is 6. The molecule has 2 atom stereocenters. The van der Waals surface area contributed by atoms with Crippen LogP contribution < -0.4 is 16.4 Å². The van der Waals surface area contributed by atoms with Crippen LogP contribution in [0.3, 0.4) is 0 Å². The summed E-state index contributed by atoms with van der Waals surface area (Å²) in [4.78, 5) is 25.5. The zero-order valence-electron chi connectivity index (χ0n) is 26.8. The number of rotatable bonds is 12. The predicted octanol–water partition coefficient (Wildman–Crippen LogP) is 3.57. The summed E-state index contributed by atoms with van der Waals surface area (Å²) < 4.78 is 15.8. The van der Waals surface area contributed by atoms with E-state index in [0.29, 0.717) is 58.4 Å². The molecule has 0 aromatic heterocycles. The third-order valence-corrected chi connectivity index (χ3v) is 7.10. The van der Waals surface area contributed by atoms with E-state index >= 15 is 0 Å².